The maximum atomic E-state index is 9.85. The Morgan fingerprint density at radius 3 is 2.47 bits per heavy atom. The number of aromatic nitrogens is 1. The van der Waals surface area contributed by atoms with Gasteiger partial charge in [-0.15, -0.1) is 0 Å². The SMILES string of the molecule is CCn1cc(C(C)O)c2cc(C(C)C)ccc21. The number of fused-ring (bicyclic) bond motifs is 1. The monoisotopic (exact) mass is 231 g/mol. The highest BCUT2D eigenvalue weighted by Crippen LogP contribution is 2.29. The third-order valence-electron chi connectivity index (χ3n) is 3.39. The van der Waals surface area contributed by atoms with Gasteiger partial charge < -0.3 is 9.67 Å². The van der Waals surface area contributed by atoms with E-state index < -0.39 is 6.10 Å². The molecule has 1 atom stereocenters. The molecule has 0 radical (unpaired) electrons. The molecule has 0 aliphatic carbocycles. The molecule has 17 heavy (non-hydrogen) atoms. The van der Waals surface area contributed by atoms with Crippen LogP contribution < -0.4 is 0 Å². The molecule has 2 aromatic rings. The quantitative estimate of drug-likeness (QED) is 0.853. The summed E-state index contributed by atoms with van der Waals surface area (Å²) in [5, 5.41) is 11.0. The van der Waals surface area contributed by atoms with E-state index in [0.29, 0.717) is 5.92 Å². The lowest BCUT2D eigenvalue weighted by atomic mass is 9.99. The summed E-state index contributed by atoms with van der Waals surface area (Å²) in [4.78, 5) is 0. The van der Waals surface area contributed by atoms with Crippen LogP contribution in [0.4, 0.5) is 0 Å². The number of hydrogen-bond acceptors (Lipinski definition) is 1. The number of hydrogen-bond donors (Lipinski definition) is 1. The first-order chi connectivity index (χ1) is 8.04. The molecule has 2 heteroatoms. The van der Waals surface area contributed by atoms with Gasteiger partial charge in [-0.3, -0.25) is 0 Å². The molecule has 0 fully saturated rings. The van der Waals surface area contributed by atoms with Crippen LogP contribution in [0.3, 0.4) is 0 Å². The van der Waals surface area contributed by atoms with E-state index in [1.807, 2.05) is 6.92 Å². The Labute approximate surface area is 103 Å². The molecule has 1 N–H and O–H groups in total. The third kappa shape index (κ3) is 2.09. The van der Waals surface area contributed by atoms with Crippen molar-refractivity contribution in [2.75, 3.05) is 0 Å². The van der Waals surface area contributed by atoms with Gasteiger partial charge in [-0.05, 0) is 37.5 Å². The molecule has 0 saturated carbocycles. The van der Waals surface area contributed by atoms with Crippen LogP contribution >= 0.6 is 0 Å². The second-order valence-electron chi connectivity index (χ2n) is 4.98. The van der Waals surface area contributed by atoms with Crippen LogP contribution in [0, 0.1) is 0 Å². The smallest absolute Gasteiger partial charge is 0.0782 e. The van der Waals surface area contributed by atoms with Gasteiger partial charge in [0.25, 0.3) is 0 Å². The topological polar surface area (TPSA) is 25.2 Å². The Bertz CT molecular complexity index is 523. The summed E-state index contributed by atoms with van der Waals surface area (Å²) in [6, 6.07) is 6.57. The number of rotatable bonds is 3. The zero-order valence-corrected chi connectivity index (χ0v) is 11.1. The lowest BCUT2D eigenvalue weighted by molar-refractivity contribution is 0.200. The van der Waals surface area contributed by atoms with Crippen molar-refractivity contribution in [1.82, 2.24) is 4.57 Å². The fourth-order valence-electron chi connectivity index (χ4n) is 2.30. The minimum Gasteiger partial charge on any atom is -0.389 e. The van der Waals surface area contributed by atoms with Crippen LogP contribution in [-0.2, 0) is 6.54 Å². The molecule has 92 valence electrons. The summed E-state index contributed by atoms with van der Waals surface area (Å²) in [5.74, 6) is 0.520. The summed E-state index contributed by atoms with van der Waals surface area (Å²) in [7, 11) is 0. The molecule has 2 nitrogen and oxygen atoms in total. The van der Waals surface area contributed by atoms with Crippen molar-refractivity contribution in [3.8, 4) is 0 Å². The summed E-state index contributed by atoms with van der Waals surface area (Å²) in [6.07, 6.45) is 1.66. The molecular formula is C15H21NO. The molecular weight excluding hydrogens is 210 g/mol. The van der Waals surface area contributed by atoms with Crippen LogP contribution in [0.2, 0.25) is 0 Å². The van der Waals surface area contributed by atoms with E-state index in [9.17, 15) is 5.11 Å². The first-order valence-electron chi connectivity index (χ1n) is 6.35. The first kappa shape index (κ1) is 12.2. The number of aryl methyl sites for hydroxylation is 1. The molecule has 1 unspecified atom stereocenters. The minimum atomic E-state index is -0.410. The summed E-state index contributed by atoms with van der Waals surface area (Å²) >= 11 is 0. The third-order valence-corrected chi connectivity index (χ3v) is 3.39. The number of aliphatic hydroxyl groups is 1. The van der Waals surface area contributed by atoms with Crippen LogP contribution in [-0.4, -0.2) is 9.67 Å². The maximum absolute atomic E-state index is 9.85. The Hall–Kier alpha value is -1.28. The van der Waals surface area contributed by atoms with Crippen molar-refractivity contribution in [2.45, 2.75) is 46.3 Å². The molecule has 0 saturated heterocycles. The van der Waals surface area contributed by atoms with E-state index in [4.69, 9.17) is 0 Å². The van der Waals surface area contributed by atoms with E-state index in [0.717, 1.165) is 12.1 Å². The average Bonchev–Trinajstić information content (AvgIpc) is 2.66. The molecule has 1 heterocycles. The predicted molar refractivity (Wildman–Crippen MR) is 72.3 cm³/mol. The molecule has 0 aliphatic heterocycles. The van der Waals surface area contributed by atoms with Gasteiger partial charge in [0.1, 0.15) is 0 Å². The summed E-state index contributed by atoms with van der Waals surface area (Å²) < 4.78 is 2.20. The predicted octanol–water partition coefficient (Wildman–Crippen LogP) is 3.84. The van der Waals surface area contributed by atoms with Crippen LogP contribution in [0.15, 0.2) is 24.4 Å². The standard InChI is InChI=1S/C15H21NO/c1-5-16-9-14(11(4)17)13-8-12(10(2)3)6-7-15(13)16/h6-11,17H,5H2,1-4H3. The number of nitrogens with zero attached hydrogens (tertiary/aromatic N) is 1. The van der Waals surface area contributed by atoms with Gasteiger partial charge in [-0.25, -0.2) is 0 Å². The molecule has 2 rings (SSSR count). The van der Waals surface area contributed by atoms with E-state index >= 15 is 0 Å². The lowest BCUT2D eigenvalue weighted by Crippen LogP contribution is -1.91. The van der Waals surface area contributed by atoms with Crippen LogP contribution in [0.25, 0.3) is 10.9 Å². The highest BCUT2D eigenvalue weighted by molar-refractivity contribution is 5.85. The van der Waals surface area contributed by atoms with Gasteiger partial charge >= 0.3 is 0 Å². The Morgan fingerprint density at radius 2 is 1.94 bits per heavy atom. The summed E-state index contributed by atoms with van der Waals surface area (Å²) in [5.41, 5.74) is 3.57. The zero-order valence-electron chi connectivity index (χ0n) is 11.1. The lowest BCUT2D eigenvalue weighted by Gasteiger charge is -2.07. The fourth-order valence-corrected chi connectivity index (χ4v) is 2.30. The molecule has 0 amide bonds. The van der Waals surface area contributed by atoms with Gasteiger partial charge in [0.15, 0.2) is 0 Å². The second kappa shape index (κ2) is 4.53. The van der Waals surface area contributed by atoms with E-state index in [2.05, 4.69) is 49.7 Å². The first-order valence-corrected chi connectivity index (χ1v) is 6.35. The van der Waals surface area contributed by atoms with Crippen molar-refractivity contribution in [3.63, 3.8) is 0 Å². The molecule has 1 aromatic carbocycles. The zero-order chi connectivity index (χ0) is 12.6. The van der Waals surface area contributed by atoms with Crippen LogP contribution in [0.1, 0.15) is 50.8 Å². The van der Waals surface area contributed by atoms with Crippen LogP contribution in [0.5, 0.6) is 0 Å². The minimum absolute atomic E-state index is 0.410. The highest BCUT2D eigenvalue weighted by atomic mass is 16.3. The fraction of sp³-hybridized carbons (Fsp3) is 0.467. The Kier molecular flexibility index (Phi) is 3.25. The molecule has 0 aliphatic rings. The van der Waals surface area contributed by atoms with E-state index in [-0.39, 0.29) is 0 Å². The second-order valence-corrected chi connectivity index (χ2v) is 4.98. The normalized spacial score (nSPS) is 13.5. The number of aliphatic hydroxyl groups excluding tert-OH is 1. The van der Waals surface area contributed by atoms with Gasteiger partial charge in [0.05, 0.1) is 6.10 Å². The molecule has 0 bridgehead atoms. The van der Waals surface area contributed by atoms with Crippen molar-refractivity contribution in [1.29, 1.82) is 0 Å². The highest BCUT2D eigenvalue weighted by Gasteiger charge is 2.12. The van der Waals surface area contributed by atoms with E-state index in [1.54, 1.807) is 0 Å². The van der Waals surface area contributed by atoms with Gasteiger partial charge in [-0.2, -0.15) is 0 Å². The van der Waals surface area contributed by atoms with Crippen molar-refractivity contribution in [3.05, 3.63) is 35.5 Å². The largest absolute Gasteiger partial charge is 0.389 e. The summed E-state index contributed by atoms with van der Waals surface area (Å²) in [6.45, 7) is 9.28. The van der Waals surface area contributed by atoms with E-state index in [1.165, 1.54) is 16.5 Å². The van der Waals surface area contributed by atoms with Gasteiger partial charge in [0.2, 0.25) is 0 Å². The Morgan fingerprint density at radius 1 is 1.24 bits per heavy atom. The van der Waals surface area contributed by atoms with Gasteiger partial charge in [-0.1, -0.05) is 19.9 Å². The molecule has 1 aromatic heterocycles. The van der Waals surface area contributed by atoms with Crippen molar-refractivity contribution in [2.24, 2.45) is 0 Å². The van der Waals surface area contributed by atoms with Gasteiger partial charge in [0, 0.05) is 29.2 Å². The number of benzene rings is 1. The molecule has 0 spiro atoms. The maximum Gasteiger partial charge on any atom is 0.0782 e. The van der Waals surface area contributed by atoms with Crippen molar-refractivity contribution >= 4 is 10.9 Å². The Balaban J connectivity index is 2.69. The van der Waals surface area contributed by atoms with Crippen molar-refractivity contribution < 1.29 is 5.11 Å². The average molecular weight is 231 g/mol.